The maximum atomic E-state index is 12.6. The highest BCUT2D eigenvalue weighted by atomic mass is 32.1. The molecule has 2 N–H and O–H groups in total. The second kappa shape index (κ2) is 6.93. The van der Waals surface area contributed by atoms with Crippen molar-refractivity contribution in [3.05, 3.63) is 57.8 Å². The van der Waals surface area contributed by atoms with Crippen LogP contribution in [0.2, 0.25) is 0 Å². The van der Waals surface area contributed by atoms with Crippen LogP contribution in [0.4, 0.5) is 13.2 Å². The summed E-state index contributed by atoms with van der Waals surface area (Å²) >= 11 is 1.44. The number of hydrogen-bond donors (Lipinski definition) is 2. The summed E-state index contributed by atoms with van der Waals surface area (Å²) in [6.45, 7) is -0.133. The van der Waals surface area contributed by atoms with Gasteiger partial charge in [-0.15, -0.1) is 11.3 Å². The summed E-state index contributed by atoms with van der Waals surface area (Å²) in [4.78, 5) is 12.6. The van der Waals surface area contributed by atoms with E-state index in [0.717, 1.165) is 17.0 Å². The molecule has 1 amide bonds. The minimum absolute atomic E-state index is 0.117. The van der Waals surface area contributed by atoms with Gasteiger partial charge in [-0.1, -0.05) is 18.2 Å². The van der Waals surface area contributed by atoms with E-state index >= 15 is 0 Å². The fourth-order valence-corrected chi connectivity index (χ4v) is 2.59. The van der Waals surface area contributed by atoms with E-state index in [2.05, 4.69) is 5.32 Å². The molecule has 2 rings (SSSR count). The maximum absolute atomic E-state index is 12.6. The number of nitrogens with one attached hydrogen (secondary N) is 1. The van der Waals surface area contributed by atoms with Crippen LogP contribution in [0.15, 0.2) is 41.8 Å². The van der Waals surface area contributed by atoms with Gasteiger partial charge in [0.05, 0.1) is 18.1 Å². The lowest BCUT2D eigenvalue weighted by Crippen LogP contribution is -2.29. The Morgan fingerprint density at radius 1 is 1.27 bits per heavy atom. The monoisotopic (exact) mass is 329 g/mol. The molecule has 0 aliphatic rings. The average molecular weight is 329 g/mol. The molecule has 1 atom stereocenters. The highest BCUT2D eigenvalue weighted by molar-refractivity contribution is 7.10. The minimum Gasteiger partial charge on any atom is -0.387 e. The summed E-state index contributed by atoms with van der Waals surface area (Å²) < 4.78 is 37.8. The molecule has 0 radical (unpaired) electrons. The number of aliphatic hydroxyl groups is 1. The first-order valence-corrected chi connectivity index (χ1v) is 7.38. The van der Waals surface area contributed by atoms with Gasteiger partial charge in [0.1, 0.15) is 0 Å². The number of aliphatic hydroxyl groups excluding tert-OH is 1. The lowest BCUT2D eigenvalue weighted by atomic mass is 10.1. The molecule has 1 heterocycles. The zero-order valence-electron chi connectivity index (χ0n) is 11.4. The third-order valence-corrected chi connectivity index (χ3v) is 3.88. The van der Waals surface area contributed by atoms with Crippen molar-refractivity contribution < 1.29 is 23.1 Å². The number of alkyl halides is 3. The Bertz CT molecular complexity index is 626. The predicted molar refractivity (Wildman–Crippen MR) is 77.4 cm³/mol. The van der Waals surface area contributed by atoms with Gasteiger partial charge in [0, 0.05) is 11.4 Å². The molecule has 22 heavy (non-hydrogen) atoms. The van der Waals surface area contributed by atoms with Crippen LogP contribution in [0, 0.1) is 0 Å². The van der Waals surface area contributed by atoms with Crippen molar-refractivity contribution in [3.63, 3.8) is 0 Å². The average Bonchev–Trinajstić information content (AvgIpc) is 2.97. The highest BCUT2D eigenvalue weighted by Crippen LogP contribution is 2.30. The summed E-state index contributed by atoms with van der Waals surface area (Å²) in [5, 5.41) is 14.3. The molecule has 0 saturated heterocycles. The molecule has 1 aromatic carbocycles. The summed E-state index contributed by atoms with van der Waals surface area (Å²) in [5.74, 6) is -0.284. The zero-order chi connectivity index (χ0) is 16.2. The van der Waals surface area contributed by atoms with Crippen LogP contribution in [0.5, 0.6) is 0 Å². The molecule has 0 unspecified atom stereocenters. The number of halogens is 3. The van der Waals surface area contributed by atoms with Crippen LogP contribution < -0.4 is 5.32 Å². The fourth-order valence-electron chi connectivity index (χ4n) is 1.88. The van der Waals surface area contributed by atoms with Crippen molar-refractivity contribution in [2.24, 2.45) is 0 Å². The Kier molecular flexibility index (Phi) is 5.20. The van der Waals surface area contributed by atoms with Gasteiger partial charge in [-0.3, -0.25) is 4.79 Å². The summed E-state index contributed by atoms with van der Waals surface area (Å²) in [6, 6.07) is 8.08. The van der Waals surface area contributed by atoms with E-state index in [4.69, 9.17) is 0 Å². The first-order chi connectivity index (χ1) is 10.4. The molecular weight excluding hydrogens is 315 g/mol. The first-order valence-electron chi connectivity index (χ1n) is 6.50. The number of rotatable bonds is 5. The van der Waals surface area contributed by atoms with Gasteiger partial charge in [0.2, 0.25) is 5.91 Å². The predicted octanol–water partition coefficient (Wildman–Crippen LogP) is 3.16. The Morgan fingerprint density at radius 3 is 2.68 bits per heavy atom. The van der Waals surface area contributed by atoms with Gasteiger partial charge in [-0.25, -0.2) is 0 Å². The number of benzene rings is 1. The molecule has 0 bridgehead atoms. The third-order valence-electron chi connectivity index (χ3n) is 3.01. The second-order valence-electron chi connectivity index (χ2n) is 4.70. The first kappa shape index (κ1) is 16.5. The van der Waals surface area contributed by atoms with Crippen molar-refractivity contribution in [2.75, 3.05) is 6.54 Å². The van der Waals surface area contributed by atoms with Crippen molar-refractivity contribution in [3.8, 4) is 0 Å². The highest BCUT2D eigenvalue weighted by Gasteiger charge is 2.30. The summed E-state index contributed by atoms with van der Waals surface area (Å²) in [6.07, 6.45) is -5.46. The second-order valence-corrected chi connectivity index (χ2v) is 5.73. The zero-order valence-corrected chi connectivity index (χ0v) is 12.2. The molecule has 2 aromatic rings. The van der Waals surface area contributed by atoms with Gasteiger partial charge >= 0.3 is 6.18 Å². The Labute approximate surface area is 129 Å². The van der Waals surface area contributed by atoms with E-state index in [1.807, 2.05) is 17.5 Å². The molecule has 0 fully saturated rings. The smallest absolute Gasteiger partial charge is 0.387 e. The fraction of sp³-hybridized carbons (Fsp3) is 0.267. The van der Waals surface area contributed by atoms with E-state index in [1.54, 1.807) is 0 Å². The van der Waals surface area contributed by atoms with Crippen LogP contribution >= 0.6 is 11.3 Å². The van der Waals surface area contributed by atoms with E-state index in [1.165, 1.54) is 23.5 Å². The Balaban J connectivity index is 1.92. The molecule has 0 aliphatic carbocycles. The maximum Gasteiger partial charge on any atom is 0.416 e. The normalized spacial score (nSPS) is 12.9. The van der Waals surface area contributed by atoms with Gasteiger partial charge in [0.15, 0.2) is 0 Å². The Morgan fingerprint density at radius 2 is 2.05 bits per heavy atom. The molecule has 1 aromatic heterocycles. The SMILES string of the molecule is O=C(Cc1cccs1)NC[C@H](O)c1cccc(C(F)(F)F)c1. The van der Waals surface area contributed by atoms with Crippen LogP contribution in [-0.2, 0) is 17.4 Å². The minimum atomic E-state index is -4.46. The molecular formula is C15H14F3NO2S. The van der Waals surface area contributed by atoms with Crippen molar-refractivity contribution in [1.82, 2.24) is 5.32 Å². The Hall–Kier alpha value is -1.86. The lowest BCUT2D eigenvalue weighted by Gasteiger charge is -2.14. The van der Waals surface area contributed by atoms with Gasteiger partial charge in [0.25, 0.3) is 0 Å². The van der Waals surface area contributed by atoms with Crippen molar-refractivity contribution >= 4 is 17.2 Å². The summed E-state index contributed by atoms with van der Waals surface area (Å²) in [7, 11) is 0. The molecule has 0 aliphatic heterocycles. The lowest BCUT2D eigenvalue weighted by molar-refractivity contribution is -0.137. The topological polar surface area (TPSA) is 49.3 Å². The third kappa shape index (κ3) is 4.57. The van der Waals surface area contributed by atoms with E-state index in [-0.39, 0.29) is 24.4 Å². The van der Waals surface area contributed by atoms with Crippen LogP contribution in [0.3, 0.4) is 0 Å². The number of amides is 1. The molecule has 0 saturated carbocycles. The largest absolute Gasteiger partial charge is 0.416 e. The molecule has 3 nitrogen and oxygen atoms in total. The van der Waals surface area contributed by atoms with Crippen LogP contribution in [0.25, 0.3) is 0 Å². The van der Waals surface area contributed by atoms with Gasteiger partial charge < -0.3 is 10.4 Å². The number of thiophene rings is 1. The molecule has 118 valence electrons. The number of hydrogen-bond acceptors (Lipinski definition) is 3. The summed E-state index contributed by atoms with van der Waals surface area (Å²) in [5.41, 5.74) is -0.708. The quantitative estimate of drug-likeness (QED) is 0.885. The standard InChI is InChI=1S/C15H14F3NO2S/c16-15(17,18)11-4-1-3-10(7-11)13(20)9-19-14(21)8-12-5-2-6-22-12/h1-7,13,20H,8-9H2,(H,19,21)/t13-/m0/s1. The molecule has 0 spiro atoms. The molecule has 7 heteroatoms. The van der Waals surface area contributed by atoms with Crippen molar-refractivity contribution in [1.29, 1.82) is 0 Å². The number of carbonyl (C=O) groups is 1. The van der Waals surface area contributed by atoms with Crippen LogP contribution in [-0.4, -0.2) is 17.6 Å². The number of carbonyl (C=O) groups excluding carboxylic acids is 1. The van der Waals surface area contributed by atoms with E-state index in [0.29, 0.717) is 0 Å². The van der Waals surface area contributed by atoms with Crippen molar-refractivity contribution in [2.45, 2.75) is 18.7 Å². The van der Waals surface area contributed by atoms with E-state index < -0.39 is 17.8 Å². The van der Waals surface area contributed by atoms with Crippen LogP contribution in [0.1, 0.15) is 22.1 Å². The van der Waals surface area contributed by atoms with Gasteiger partial charge in [-0.2, -0.15) is 13.2 Å². The van der Waals surface area contributed by atoms with E-state index in [9.17, 15) is 23.1 Å². The van der Waals surface area contributed by atoms with Gasteiger partial charge in [-0.05, 0) is 29.1 Å².